The van der Waals surface area contributed by atoms with E-state index in [-0.39, 0.29) is 18.5 Å². The molecule has 14 nitrogen and oxygen atoms in total. The van der Waals surface area contributed by atoms with Gasteiger partial charge in [0.1, 0.15) is 11.5 Å². The van der Waals surface area contributed by atoms with Gasteiger partial charge in [-0.2, -0.15) is 4.98 Å². The molecule has 6 N–H and O–H groups in total. The number of aryl methyl sites for hydroxylation is 1. The van der Waals surface area contributed by atoms with E-state index in [2.05, 4.69) is 46.9 Å². The Kier molecular flexibility index (Phi) is 13.9. The van der Waals surface area contributed by atoms with Gasteiger partial charge >= 0.3 is 5.97 Å². The molecular weight excluding hydrogens is 550 g/mol. The third-order valence-corrected chi connectivity index (χ3v) is 7.97. The van der Waals surface area contributed by atoms with Crippen LogP contribution in [0.3, 0.4) is 0 Å². The first-order valence-electron chi connectivity index (χ1n) is 15.9. The Morgan fingerprint density at radius 2 is 1.77 bits per heavy atom. The van der Waals surface area contributed by atoms with Crippen molar-refractivity contribution in [3.63, 3.8) is 0 Å². The monoisotopic (exact) mass is 599 g/mol. The highest BCUT2D eigenvalue weighted by atomic mass is 16.4. The second kappa shape index (κ2) is 18.3. The molecule has 14 heteroatoms. The van der Waals surface area contributed by atoms with E-state index in [1.807, 2.05) is 21.8 Å². The summed E-state index contributed by atoms with van der Waals surface area (Å²) in [5.41, 5.74) is 0.832. The maximum absolute atomic E-state index is 12.4. The van der Waals surface area contributed by atoms with Crippen molar-refractivity contribution < 1.29 is 14.7 Å². The highest BCUT2D eigenvalue weighted by Gasteiger charge is 2.23. The lowest BCUT2D eigenvalue weighted by Gasteiger charge is -2.32. The molecule has 0 bridgehead atoms. The van der Waals surface area contributed by atoms with E-state index in [1.165, 1.54) is 32.1 Å². The van der Waals surface area contributed by atoms with E-state index in [9.17, 15) is 9.59 Å². The summed E-state index contributed by atoms with van der Waals surface area (Å²) in [6.07, 6.45) is 14.6. The van der Waals surface area contributed by atoms with Gasteiger partial charge in [-0.1, -0.05) is 24.5 Å². The predicted molar refractivity (Wildman–Crippen MR) is 165 cm³/mol. The van der Waals surface area contributed by atoms with Crippen LogP contribution in [-0.4, -0.2) is 105 Å². The number of aromatic nitrogens is 5. The number of likely N-dealkylation sites (tertiary alicyclic amines) is 1. The number of nitrogens with zero attached hydrogens (tertiary/aromatic N) is 6. The Labute approximate surface area is 254 Å². The Hall–Kier alpha value is -3.36. The number of carboxylic acid groups (broad SMARTS) is 1. The second-order valence-electron chi connectivity index (χ2n) is 11.5. The fraction of sp³-hybridized carbons (Fsp3) is 0.724. The fourth-order valence-electron chi connectivity index (χ4n) is 5.57. The third kappa shape index (κ3) is 12.4. The summed E-state index contributed by atoms with van der Waals surface area (Å²) in [5.74, 6) is 0.378. The summed E-state index contributed by atoms with van der Waals surface area (Å²) < 4.78 is 1.88. The van der Waals surface area contributed by atoms with Crippen LogP contribution in [0, 0.1) is 0 Å². The minimum Gasteiger partial charge on any atom is -0.480 e. The molecule has 0 aromatic carbocycles. The van der Waals surface area contributed by atoms with Crippen LogP contribution < -0.4 is 26.6 Å². The zero-order chi connectivity index (χ0) is 30.1. The zero-order valence-electron chi connectivity index (χ0n) is 25.3. The summed E-state index contributed by atoms with van der Waals surface area (Å²) >= 11 is 0. The number of carbonyl (C=O) groups is 2. The lowest BCUT2D eigenvalue weighted by molar-refractivity contribution is -0.136. The van der Waals surface area contributed by atoms with Crippen molar-refractivity contribution in [1.29, 1.82) is 0 Å². The largest absolute Gasteiger partial charge is 0.480 e. The number of anilines is 2. The number of carboxylic acids is 1. The van der Waals surface area contributed by atoms with Crippen LogP contribution in [-0.2, 0) is 22.7 Å². The van der Waals surface area contributed by atoms with Gasteiger partial charge in [0.25, 0.3) is 0 Å². The molecule has 2 aromatic rings. The first-order valence-corrected chi connectivity index (χ1v) is 15.9. The average molecular weight is 600 g/mol. The fourth-order valence-corrected chi connectivity index (χ4v) is 5.57. The van der Waals surface area contributed by atoms with Gasteiger partial charge < -0.3 is 36.6 Å². The minimum absolute atomic E-state index is 0.0477. The van der Waals surface area contributed by atoms with Crippen molar-refractivity contribution >= 4 is 23.6 Å². The highest BCUT2D eigenvalue weighted by molar-refractivity contribution is 5.76. The molecule has 1 saturated carbocycles. The Morgan fingerprint density at radius 1 is 0.953 bits per heavy atom. The SMILES string of the molecule is O=C(O)CNCCC(=O)N1CCC(Nc2ccnc(NCc3cn(CCCNCCCNC4CCCCC4)nn3)n2)CC1. The number of carbonyl (C=O) groups excluding carboxylic acids is 1. The van der Waals surface area contributed by atoms with Crippen LogP contribution in [0.25, 0.3) is 0 Å². The molecule has 0 atom stereocenters. The van der Waals surface area contributed by atoms with Crippen LogP contribution in [0.4, 0.5) is 11.8 Å². The molecule has 2 aliphatic rings. The summed E-state index contributed by atoms with van der Waals surface area (Å²) in [4.78, 5) is 33.7. The van der Waals surface area contributed by atoms with Gasteiger partial charge in [0, 0.05) is 50.9 Å². The van der Waals surface area contributed by atoms with E-state index in [1.54, 1.807) is 6.20 Å². The molecule has 4 rings (SSSR count). The summed E-state index contributed by atoms with van der Waals surface area (Å²) in [5, 5.41) is 33.9. The number of rotatable bonds is 19. The molecule has 2 fully saturated rings. The van der Waals surface area contributed by atoms with E-state index >= 15 is 0 Å². The van der Waals surface area contributed by atoms with Crippen LogP contribution >= 0.6 is 0 Å². The molecule has 3 heterocycles. The summed E-state index contributed by atoms with van der Waals surface area (Å²) in [6, 6.07) is 2.79. The summed E-state index contributed by atoms with van der Waals surface area (Å²) in [7, 11) is 0. The predicted octanol–water partition coefficient (Wildman–Crippen LogP) is 1.44. The van der Waals surface area contributed by atoms with Crippen molar-refractivity contribution in [1.82, 2.24) is 45.8 Å². The molecule has 0 radical (unpaired) electrons. The van der Waals surface area contributed by atoms with Crippen LogP contribution in [0.15, 0.2) is 18.5 Å². The number of nitrogens with one attached hydrogen (secondary N) is 5. The Morgan fingerprint density at radius 3 is 2.58 bits per heavy atom. The highest BCUT2D eigenvalue weighted by Crippen LogP contribution is 2.18. The number of piperidine rings is 1. The van der Waals surface area contributed by atoms with Gasteiger partial charge in [-0.25, -0.2) is 4.98 Å². The van der Waals surface area contributed by atoms with E-state index in [0.717, 1.165) is 69.4 Å². The normalized spacial score (nSPS) is 16.3. The average Bonchev–Trinajstić information content (AvgIpc) is 3.48. The van der Waals surface area contributed by atoms with Crippen molar-refractivity contribution in [3.05, 3.63) is 24.2 Å². The standard InChI is InChI=1S/C29H49N11O3/c41-27(9-15-31-21-28(42)43)39-18-10-24(11-19-39)35-26-8-16-33-29(36-26)34-20-25-22-40(38-37-25)17-5-13-30-12-4-14-32-23-6-2-1-3-7-23/h8,16,22-24,30-32H,1-7,9-15,17-21H2,(H,42,43)(H2,33,34,35,36). The van der Waals surface area contributed by atoms with Crippen molar-refractivity contribution in [2.24, 2.45) is 0 Å². The molecule has 1 saturated heterocycles. The maximum atomic E-state index is 12.4. The molecular formula is C29H49N11O3. The molecule has 238 valence electrons. The molecule has 43 heavy (non-hydrogen) atoms. The molecule has 1 amide bonds. The number of hydrogen-bond acceptors (Lipinski definition) is 11. The Balaban J connectivity index is 1.06. The topological polar surface area (TPSA) is 174 Å². The molecule has 1 aliphatic carbocycles. The van der Waals surface area contributed by atoms with Gasteiger partial charge in [0.15, 0.2) is 0 Å². The number of hydrogen-bond donors (Lipinski definition) is 6. The van der Waals surface area contributed by atoms with E-state index in [0.29, 0.717) is 38.5 Å². The molecule has 0 spiro atoms. The lowest BCUT2D eigenvalue weighted by atomic mass is 9.95. The quantitative estimate of drug-likeness (QED) is 0.128. The van der Waals surface area contributed by atoms with E-state index < -0.39 is 5.97 Å². The Bertz CT molecular complexity index is 1100. The van der Waals surface area contributed by atoms with Gasteiger partial charge in [-0.3, -0.25) is 14.3 Å². The van der Waals surface area contributed by atoms with Crippen LogP contribution in [0.5, 0.6) is 0 Å². The minimum atomic E-state index is -0.923. The van der Waals surface area contributed by atoms with Gasteiger partial charge in [0.05, 0.1) is 19.3 Å². The zero-order valence-corrected chi connectivity index (χ0v) is 25.3. The molecule has 0 unspecified atom stereocenters. The van der Waals surface area contributed by atoms with Crippen molar-refractivity contribution in [2.45, 2.75) is 89.4 Å². The molecule has 2 aromatic heterocycles. The first kappa shape index (κ1) is 32.6. The third-order valence-electron chi connectivity index (χ3n) is 7.97. The second-order valence-corrected chi connectivity index (χ2v) is 11.5. The van der Waals surface area contributed by atoms with Gasteiger partial charge in [-0.15, -0.1) is 5.10 Å². The summed E-state index contributed by atoms with van der Waals surface area (Å²) in [6.45, 7) is 5.96. The van der Waals surface area contributed by atoms with Crippen molar-refractivity contribution in [3.8, 4) is 0 Å². The molecule has 1 aliphatic heterocycles. The van der Waals surface area contributed by atoms with Crippen LogP contribution in [0.1, 0.15) is 69.9 Å². The van der Waals surface area contributed by atoms with E-state index in [4.69, 9.17) is 5.11 Å². The number of amides is 1. The smallest absolute Gasteiger partial charge is 0.317 e. The first-order chi connectivity index (χ1) is 21.0. The maximum Gasteiger partial charge on any atom is 0.317 e. The van der Waals surface area contributed by atoms with Crippen LogP contribution in [0.2, 0.25) is 0 Å². The van der Waals surface area contributed by atoms with Crippen molar-refractivity contribution in [2.75, 3.05) is 56.4 Å². The van der Waals surface area contributed by atoms with Gasteiger partial charge in [0.2, 0.25) is 11.9 Å². The van der Waals surface area contributed by atoms with Gasteiger partial charge in [-0.05, 0) is 64.2 Å². The lowest BCUT2D eigenvalue weighted by Crippen LogP contribution is -2.43. The number of aliphatic carboxylic acids is 1.